The van der Waals surface area contributed by atoms with Crippen molar-refractivity contribution in [3.05, 3.63) is 34.9 Å². The number of ether oxygens (including phenoxy) is 1. The van der Waals surface area contributed by atoms with E-state index in [1.807, 2.05) is 0 Å². The Hall–Kier alpha value is -3.27. The van der Waals surface area contributed by atoms with Gasteiger partial charge in [0, 0.05) is 5.92 Å². The maximum absolute atomic E-state index is 13.2. The molecule has 1 aromatic carbocycles. The van der Waals surface area contributed by atoms with Crippen molar-refractivity contribution < 1.29 is 46.2 Å². The van der Waals surface area contributed by atoms with Crippen LogP contribution in [-0.2, 0) is 17.1 Å². The van der Waals surface area contributed by atoms with Crippen molar-refractivity contribution >= 4 is 17.9 Å². The smallest absolute Gasteiger partial charge is 0.416 e. The Bertz CT molecular complexity index is 1110. The number of hydrogen-bond donors (Lipinski definition) is 4. The lowest BCUT2D eigenvalue weighted by Crippen LogP contribution is -2.72. The van der Waals surface area contributed by atoms with E-state index in [9.17, 15) is 41.5 Å². The van der Waals surface area contributed by atoms with Crippen molar-refractivity contribution in [1.82, 2.24) is 9.96 Å². The molecule has 0 amide bonds. The van der Waals surface area contributed by atoms with Gasteiger partial charge in [0.25, 0.3) is 0 Å². The molecule has 198 valence electrons. The first kappa shape index (κ1) is 25.8. The fourth-order valence-corrected chi connectivity index (χ4v) is 5.33. The quantitative estimate of drug-likeness (QED) is 0.342. The zero-order chi connectivity index (χ0) is 27.0. The number of rotatable bonds is 3. The number of carbonyl (C=O) groups excluding carboxylic acids is 1. The number of benzene rings is 1. The first-order valence-corrected chi connectivity index (χ1v) is 10.6. The van der Waals surface area contributed by atoms with Crippen LogP contribution in [0.2, 0.25) is 0 Å². The molecule has 1 fully saturated rings. The Morgan fingerprint density at radius 2 is 1.61 bits per heavy atom. The fraction of sp³-hybridized carbons (Fsp3) is 0.550. The Labute approximate surface area is 199 Å². The van der Waals surface area contributed by atoms with Gasteiger partial charge in [-0.05, 0) is 25.1 Å². The molecule has 0 radical (unpaired) electrons. The lowest BCUT2D eigenvalue weighted by Gasteiger charge is -2.49. The average Bonchev–Trinajstić information content (AvgIpc) is 3.17. The lowest BCUT2D eigenvalue weighted by molar-refractivity contribution is -0.172. The van der Waals surface area contributed by atoms with Crippen LogP contribution in [0, 0.1) is 5.92 Å². The molecule has 1 saturated heterocycles. The van der Waals surface area contributed by atoms with Crippen LogP contribution in [0.4, 0.5) is 26.3 Å². The molecular formula is C20H22F6N6O4. The summed E-state index contributed by atoms with van der Waals surface area (Å²) in [7, 11) is 0. The van der Waals surface area contributed by atoms with Crippen molar-refractivity contribution in [2.24, 2.45) is 27.4 Å². The number of alkyl halides is 6. The number of guanidine groups is 2. The van der Waals surface area contributed by atoms with Gasteiger partial charge in [0.1, 0.15) is 18.2 Å². The number of aliphatic hydroxyl groups is 1. The molecule has 0 bridgehead atoms. The highest BCUT2D eigenvalue weighted by Gasteiger charge is 2.70. The third kappa shape index (κ3) is 3.61. The molecule has 36 heavy (non-hydrogen) atoms. The molecule has 3 heterocycles. The summed E-state index contributed by atoms with van der Waals surface area (Å²) in [5.74, 6) is -2.86. The highest BCUT2D eigenvalue weighted by molar-refractivity contribution is 5.91. The number of halogens is 6. The normalized spacial score (nSPS) is 32.1. The summed E-state index contributed by atoms with van der Waals surface area (Å²) in [4.78, 5) is 22.6. The first-order chi connectivity index (χ1) is 16.5. The first-order valence-electron chi connectivity index (χ1n) is 10.6. The molecule has 3 aliphatic rings. The standard InChI is InChI=1S/C20H22F6N6O4/c1-7-13(36-15(34)9-3-10(19(21,22)23)5-11(4-9)20(24,25)26)8(2)31-16(27)29-12(6-33)14-18(7,31)32(35)17(28)30-14/h3-5,7-8,12-14,33,35H,6H2,1-2H3,(H2,27,29)(H2,28,30)/t7?,8?,12-,13+,14?,18?/m0/s1. The second-order valence-corrected chi connectivity index (χ2v) is 8.83. The van der Waals surface area contributed by atoms with Gasteiger partial charge in [-0.2, -0.15) is 31.4 Å². The molecule has 1 aromatic rings. The molecule has 0 saturated carbocycles. The second-order valence-electron chi connectivity index (χ2n) is 8.83. The van der Waals surface area contributed by atoms with E-state index in [0.29, 0.717) is 5.06 Å². The number of nitrogens with two attached hydrogens (primary N) is 2. The number of hydroxylamine groups is 2. The Morgan fingerprint density at radius 1 is 1.06 bits per heavy atom. The number of carbonyl (C=O) groups is 1. The molecule has 0 aromatic heterocycles. The minimum Gasteiger partial charge on any atom is -0.456 e. The van der Waals surface area contributed by atoms with E-state index < -0.39 is 77.4 Å². The Morgan fingerprint density at radius 3 is 2.11 bits per heavy atom. The molecule has 10 nitrogen and oxygen atoms in total. The van der Waals surface area contributed by atoms with Gasteiger partial charge in [-0.1, -0.05) is 6.92 Å². The monoisotopic (exact) mass is 524 g/mol. The lowest BCUT2D eigenvalue weighted by atomic mass is 9.82. The topological polar surface area (TPSA) is 150 Å². The Balaban J connectivity index is 1.73. The molecule has 4 rings (SSSR count). The summed E-state index contributed by atoms with van der Waals surface area (Å²) in [6.07, 6.45) is -11.5. The van der Waals surface area contributed by atoms with Crippen LogP contribution in [0.25, 0.3) is 0 Å². The maximum atomic E-state index is 13.2. The van der Waals surface area contributed by atoms with Crippen LogP contribution in [0.15, 0.2) is 28.2 Å². The third-order valence-corrected chi connectivity index (χ3v) is 6.86. The van der Waals surface area contributed by atoms with E-state index in [1.54, 1.807) is 0 Å². The minimum absolute atomic E-state index is 0.101. The number of nitrogens with zero attached hydrogens (tertiary/aromatic N) is 4. The van der Waals surface area contributed by atoms with Crippen molar-refractivity contribution in [2.45, 2.75) is 56.1 Å². The molecule has 3 aliphatic heterocycles. The van der Waals surface area contributed by atoms with Gasteiger partial charge < -0.3 is 26.2 Å². The van der Waals surface area contributed by atoms with Crippen molar-refractivity contribution in [3.8, 4) is 0 Å². The summed E-state index contributed by atoms with van der Waals surface area (Å²) < 4.78 is 84.9. The van der Waals surface area contributed by atoms with Gasteiger partial charge in [0.05, 0.1) is 29.3 Å². The summed E-state index contributed by atoms with van der Waals surface area (Å²) >= 11 is 0. The molecule has 1 spiro atoms. The summed E-state index contributed by atoms with van der Waals surface area (Å²) in [6.45, 7) is 2.50. The third-order valence-electron chi connectivity index (χ3n) is 6.86. The van der Waals surface area contributed by atoms with Crippen molar-refractivity contribution in [2.75, 3.05) is 6.61 Å². The van der Waals surface area contributed by atoms with Crippen molar-refractivity contribution in [1.29, 1.82) is 0 Å². The number of esters is 1. The van der Waals surface area contributed by atoms with E-state index in [0.717, 1.165) is 0 Å². The molecule has 6 N–H and O–H groups in total. The van der Waals surface area contributed by atoms with E-state index in [-0.39, 0.29) is 30.1 Å². The molecule has 0 aliphatic carbocycles. The van der Waals surface area contributed by atoms with Crippen LogP contribution in [0.3, 0.4) is 0 Å². The SMILES string of the molecule is CC1[C@H](OC(=O)c2cc(C(F)(F)F)cc(C(F)(F)F)c2)C(C)C23C(N=C(N)N2O)[C@H](CO)N=C(N)N13. The van der Waals surface area contributed by atoms with E-state index >= 15 is 0 Å². The highest BCUT2D eigenvalue weighted by atomic mass is 19.4. The highest BCUT2D eigenvalue weighted by Crippen LogP contribution is 2.51. The van der Waals surface area contributed by atoms with Crippen LogP contribution in [0.1, 0.15) is 35.3 Å². The summed E-state index contributed by atoms with van der Waals surface area (Å²) in [5.41, 5.74) is 6.00. The van der Waals surface area contributed by atoms with E-state index in [1.165, 1.54) is 18.7 Å². The van der Waals surface area contributed by atoms with E-state index in [2.05, 4.69) is 9.98 Å². The van der Waals surface area contributed by atoms with Crippen LogP contribution in [0.5, 0.6) is 0 Å². The molecule has 16 heteroatoms. The molecular weight excluding hydrogens is 502 g/mol. The van der Waals surface area contributed by atoms with Crippen LogP contribution < -0.4 is 11.5 Å². The zero-order valence-corrected chi connectivity index (χ0v) is 18.7. The molecule has 6 atom stereocenters. The van der Waals surface area contributed by atoms with Crippen LogP contribution in [-0.4, -0.2) is 74.7 Å². The summed E-state index contributed by atoms with van der Waals surface area (Å²) in [6, 6.07) is -2.36. The van der Waals surface area contributed by atoms with Crippen molar-refractivity contribution in [3.63, 3.8) is 0 Å². The van der Waals surface area contributed by atoms with Crippen LogP contribution >= 0.6 is 0 Å². The van der Waals surface area contributed by atoms with Gasteiger partial charge in [-0.15, -0.1) is 0 Å². The predicted octanol–water partition coefficient (Wildman–Crippen LogP) is 1.36. The van der Waals surface area contributed by atoms with Gasteiger partial charge in [0.15, 0.2) is 11.6 Å². The number of aliphatic imine (C=N–C) groups is 2. The minimum atomic E-state index is -5.16. The van der Waals surface area contributed by atoms with E-state index in [4.69, 9.17) is 16.2 Å². The van der Waals surface area contributed by atoms with Gasteiger partial charge in [0.2, 0.25) is 5.96 Å². The second kappa shape index (κ2) is 8.12. The predicted molar refractivity (Wildman–Crippen MR) is 110 cm³/mol. The van der Waals surface area contributed by atoms with Gasteiger partial charge >= 0.3 is 18.3 Å². The zero-order valence-electron chi connectivity index (χ0n) is 18.7. The summed E-state index contributed by atoms with van der Waals surface area (Å²) in [5, 5.41) is 21.2. The maximum Gasteiger partial charge on any atom is 0.416 e. The fourth-order valence-electron chi connectivity index (χ4n) is 5.33. The largest absolute Gasteiger partial charge is 0.456 e. The molecule has 4 unspecified atom stereocenters. The average molecular weight is 524 g/mol. The Kier molecular flexibility index (Phi) is 5.83. The van der Waals surface area contributed by atoms with Gasteiger partial charge in [-0.3, -0.25) is 5.21 Å². The number of hydrogen-bond acceptors (Lipinski definition) is 10. The number of aliphatic hydroxyl groups excluding tert-OH is 1. The van der Waals surface area contributed by atoms with Gasteiger partial charge in [-0.25, -0.2) is 14.8 Å².